The summed E-state index contributed by atoms with van der Waals surface area (Å²) in [6.07, 6.45) is 16.4. The minimum atomic E-state index is -1.09. The maximum absolute atomic E-state index is 14.5. The Balaban J connectivity index is 0.773. The predicted molar refractivity (Wildman–Crippen MR) is 311 cm³/mol. The van der Waals surface area contributed by atoms with Crippen LogP contribution in [-0.4, -0.2) is 165 Å². The van der Waals surface area contributed by atoms with Crippen LogP contribution in [0.3, 0.4) is 0 Å². The van der Waals surface area contributed by atoms with Crippen LogP contribution >= 0.6 is 0 Å². The first-order chi connectivity index (χ1) is 40.4. The molecule has 2 N–H and O–H groups in total. The predicted octanol–water partition coefficient (Wildman–Crippen LogP) is 10.1. The van der Waals surface area contributed by atoms with Crippen molar-refractivity contribution in [2.24, 2.45) is 5.92 Å². The van der Waals surface area contributed by atoms with Gasteiger partial charge in [0, 0.05) is 75.9 Å². The Morgan fingerprint density at radius 3 is 2.09 bits per heavy atom. The van der Waals surface area contributed by atoms with Gasteiger partial charge in [0.25, 0.3) is 0 Å². The molecule has 18 heteroatoms. The summed E-state index contributed by atoms with van der Waals surface area (Å²) in [5, 5.41) is 21.0. The van der Waals surface area contributed by atoms with E-state index in [1.807, 2.05) is 40.7 Å². The molecule has 22 atom stereocenters. The summed E-state index contributed by atoms with van der Waals surface area (Å²) in [4.78, 5) is 65.9. The van der Waals surface area contributed by atoms with Gasteiger partial charge in [-0.1, -0.05) is 110 Å². The Morgan fingerprint density at radius 2 is 1.39 bits per heavy atom. The van der Waals surface area contributed by atoms with Crippen LogP contribution in [0.5, 0.6) is 0 Å². The van der Waals surface area contributed by atoms with Crippen molar-refractivity contribution in [3.8, 4) is 0 Å². The van der Waals surface area contributed by atoms with Crippen LogP contribution in [0.1, 0.15) is 222 Å². The number of aliphatic carboxylic acids is 1. The highest BCUT2D eigenvalue weighted by Crippen LogP contribution is 2.54. The molecule has 0 saturated carbocycles. The number of rotatable bonds is 22. The summed E-state index contributed by atoms with van der Waals surface area (Å²) < 4.78 is 74.2. The van der Waals surface area contributed by atoms with Gasteiger partial charge in [-0.05, 0) is 78.7 Å². The number of fused-ring (bicyclic) bond motifs is 8. The minimum absolute atomic E-state index is 0.0307. The zero-order valence-corrected chi connectivity index (χ0v) is 52.1. The molecule has 0 amide bonds. The summed E-state index contributed by atoms with van der Waals surface area (Å²) >= 11 is 0. The molecule has 0 unspecified atom stereocenters. The van der Waals surface area contributed by atoms with Crippen molar-refractivity contribution in [2.45, 2.75) is 348 Å². The van der Waals surface area contributed by atoms with E-state index in [9.17, 15) is 34.2 Å². The molecular formula is C67H100O18. The Bertz CT molecular complexity index is 2500. The van der Waals surface area contributed by atoms with E-state index < -0.39 is 143 Å². The monoisotopic (exact) mass is 1190 g/mol. The Kier molecular flexibility index (Phi) is 20.2. The summed E-state index contributed by atoms with van der Waals surface area (Å²) in [5.41, 5.74) is -3.64. The van der Waals surface area contributed by atoms with E-state index in [4.69, 9.17) is 52.1 Å². The molecule has 10 aliphatic rings. The molecule has 0 aromatic rings. The van der Waals surface area contributed by atoms with Crippen LogP contribution in [0.25, 0.3) is 0 Å². The summed E-state index contributed by atoms with van der Waals surface area (Å²) in [5.74, 6) is -3.46. The van der Waals surface area contributed by atoms with E-state index >= 15 is 0 Å². The quantitative estimate of drug-likeness (QED) is 0.0338. The molecule has 0 radical (unpaired) electrons. The molecule has 10 rings (SSSR count). The molecule has 85 heavy (non-hydrogen) atoms. The molecule has 10 heterocycles. The lowest BCUT2D eigenvalue weighted by Gasteiger charge is -2.60. The maximum atomic E-state index is 14.5. The minimum Gasteiger partial charge on any atom is -0.478 e. The molecule has 8 fully saturated rings. The Labute approximate surface area is 503 Å². The maximum Gasteiger partial charge on any atom is 0.374 e. The Hall–Kier alpha value is -3.43. The number of carbonyl (C=O) groups is 5. The Morgan fingerprint density at radius 1 is 0.706 bits per heavy atom. The smallest absolute Gasteiger partial charge is 0.374 e. The van der Waals surface area contributed by atoms with Gasteiger partial charge in [0.2, 0.25) is 5.78 Å². The van der Waals surface area contributed by atoms with Crippen LogP contribution in [0.2, 0.25) is 0 Å². The normalized spacial score (nSPS) is 43.7. The van der Waals surface area contributed by atoms with E-state index in [1.165, 1.54) is 63.9 Å². The lowest BCUT2D eigenvalue weighted by molar-refractivity contribution is -0.356. The van der Waals surface area contributed by atoms with Crippen LogP contribution < -0.4 is 0 Å². The molecule has 0 bridgehead atoms. The number of carboxylic acids is 1. The first-order valence-electron chi connectivity index (χ1n) is 32.8. The van der Waals surface area contributed by atoms with Crippen molar-refractivity contribution >= 4 is 29.5 Å². The van der Waals surface area contributed by atoms with Crippen molar-refractivity contribution in [3.05, 3.63) is 36.0 Å². The van der Waals surface area contributed by atoms with Crippen LogP contribution in [0.15, 0.2) is 36.0 Å². The summed E-state index contributed by atoms with van der Waals surface area (Å²) in [7, 11) is 0. The molecule has 0 aromatic carbocycles. The number of ether oxygens (including phenoxy) is 11. The summed E-state index contributed by atoms with van der Waals surface area (Å²) in [6.45, 7) is 19.7. The van der Waals surface area contributed by atoms with Crippen LogP contribution in [0.4, 0.5) is 0 Å². The third-order valence-corrected chi connectivity index (χ3v) is 21.4. The van der Waals surface area contributed by atoms with E-state index in [0.29, 0.717) is 51.4 Å². The number of ketones is 2. The number of Topliss-reactive ketones (excluding diaryl/α,β-unsaturated/α-hetero) is 2. The van der Waals surface area contributed by atoms with Gasteiger partial charge in [-0.25, -0.2) is 14.4 Å². The van der Waals surface area contributed by atoms with E-state index in [1.54, 1.807) is 0 Å². The first kappa shape index (κ1) is 64.6. The fourth-order valence-corrected chi connectivity index (χ4v) is 16.1. The molecule has 476 valence electrons. The number of esters is 2. The van der Waals surface area contributed by atoms with Crippen molar-refractivity contribution in [3.63, 3.8) is 0 Å². The van der Waals surface area contributed by atoms with Gasteiger partial charge in [-0.15, -0.1) is 0 Å². The van der Waals surface area contributed by atoms with Crippen molar-refractivity contribution in [1.82, 2.24) is 0 Å². The van der Waals surface area contributed by atoms with Crippen molar-refractivity contribution in [2.75, 3.05) is 0 Å². The second-order valence-corrected chi connectivity index (χ2v) is 28.3. The molecular weight excluding hydrogens is 1090 g/mol. The average molecular weight is 1190 g/mol. The number of unbranched alkanes of at least 4 members (excludes halogenated alkanes) is 12. The second kappa shape index (κ2) is 26.6. The lowest BCUT2D eigenvalue weighted by Crippen LogP contribution is -2.70. The van der Waals surface area contributed by atoms with Gasteiger partial charge < -0.3 is 62.3 Å². The molecule has 10 aliphatic heterocycles. The lowest BCUT2D eigenvalue weighted by atomic mass is 9.72. The third kappa shape index (κ3) is 14.1. The molecule has 0 aromatic heterocycles. The molecule has 0 aliphatic carbocycles. The largest absolute Gasteiger partial charge is 0.478 e. The highest BCUT2D eigenvalue weighted by Gasteiger charge is 2.64. The highest BCUT2D eigenvalue weighted by atomic mass is 16.6. The van der Waals surface area contributed by atoms with Crippen molar-refractivity contribution in [1.29, 1.82) is 0 Å². The van der Waals surface area contributed by atoms with Crippen LogP contribution in [-0.2, 0) is 76.1 Å². The van der Waals surface area contributed by atoms with Crippen LogP contribution in [0, 0.1) is 5.92 Å². The third-order valence-electron chi connectivity index (χ3n) is 21.4. The van der Waals surface area contributed by atoms with E-state index in [2.05, 4.69) is 33.4 Å². The standard InChI is InChI=1S/C67H100O18/c1-10-11-12-13-14-15-16-17-18-19-20-21-22-24-44(69)62(74)80-51-37-65(7)53(35-50-60(84-65)40(3)31-58(71)79-50)77-46(51)30-39(2)59-43(68)26-28-64(6)54(81-59)36-55-66(8,85-64)38-57-63(5,83-55)27-23-25-45-47(78-57)33-49-48(76-45)34-56-67(9,82-49)52(70)32-42(75-56)29-41(4)61(72)73/h23,25,31,39,42,45-57,59-60,70H,4,10-22,24,26-30,32-38H2,1-3,5-9H3,(H,72,73)/b25-23-/t39-,42-,45-,46+,47+,48+,49-,50+,51-,52+,53-,54+,55-,56-,57-,59-,60-,63+,64-,65+,66+,67+/m1/s1. The topological polar surface area (TPSA) is 227 Å². The molecule has 8 saturated heterocycles. The zero-order chi connectivity index (χ0) is 60.6. The molecule has 0 spiro atoms. The zero-order valence-electron chi connectivity index (χ0n) is 52.1. The van der Waals surface area contributed by atoms with Gasteiger partial charge in [0.1, 0.15) is 36.1 Å². The van der Waals surface area contributed by atoms with Gasteiger partial charge in [0.15, 0.2) is 5.78 Å². The van der Waals surface area contributed by atoms with Gasteiger partial charge >= 0.3 is 17.9 Å². The summed E-state index contributed by atoms with van der Waals surface area (Å²) in [6, 6.07) is 0. The number of hydrogen-bond acceptors (Lipinski definition) is 17. The van der Waals surface area contributed by atoms with E-state index in [0.717, 1.165) is 24.8 Å². The molecule has 18 nitrogen and oxygen atoms in total. The second-order valence-electron chi connectivity index (χ2n) is 28.3. The number of hydrogen-bond donors (Lipinski definition) is 2. The number of carboxylic acid groups (broad SMARTS) is 1. The first-order valence-corrected chi connectivity index (χ1v) is 32.8. The fraction of sp³-hybridized carbons (Fsp3) is 0.836. The number of aliphatic hydroxyl groups is 1. The number of aliphatic hydroxyl groups excluding tert-OH is 1. The average Bonchev–Trinajstić information content (AvgIpc) is 1.69. The van der Waals surface area contributed by atoms with Gasteiger partial charge in [-0.3, -0.25) is 9.59 Å². The fourth-order valence-electron chi connectivity index (χ4n) is 16.1. The van der Waals surface area contributed by atoms with E-state index in [-0.39, 0.29) is 62.1 Å². The SMILES string of the molecule is C=C(C[C@@H]1C[C@H](O)[C@]2(C)O[C@@H]3C[C@@H]4O[C@@H]5C[C@]6(C)O[C@]7(C)CCC(=O)[C@@H]([C@H](C)C[C@@H]8O[C@@H]9C[C@@H]%10OC(=O)C=C(C)[C@H]%10O[C@@]9(C)C[C@H]8OC(=O)C(=O)CCCCCCCCCCCCCCC)O[C@H]7C[C@H]6O[C@@]5(C)C/C=C\[C@H]4O[C@H]3C[C@H]2O1)C(=O)O. The van der Waals surface area contributed by atoms with Crippen molar-refractivity contribution < 1.29 is 86.3 Å². The van der Waals surface area contributed by atoms with Gasteiger partial charge in [0.05, 0.1) is 89.5 Å². The number of carbonyl (C=O) groups excluding carboxylic acids is 4. The highest BCUT2D eigenvalue weighted by molar-refractivity contribution is 6.33. The van der Waals surface area contributed by atoms with Gasteiger partial charge in [-0.2, -0.15) is 0 Å².